The molecule has 1 aliphatic heterocycles. The maximum Gasteiger partial charge on any atom is 0.306 e. The Morgan fingerprint density at radius 3 is 2.42 bits per heavy atom. The lowest BCUT2D eigenvalue weighted by atomic mass is 9.86. The third-order valence-corrected chi connectivity index (χ3v) is 5.98. The quantitative estimate of drug-likeness (QED) is 0.537. The molecule has 0 radical (unpaired) electrons. The van der Waals surface area contributed by atoms with Crippen molar-refractivity contribution in [3.63, 3.8) is 0 Å². The summed E-state index contributed by atoms with van der Waals surface area (Å²) < 4.78 is 30.1. The van der Waals surface area contributed by atoms with Crippen molar-refractivity contribution in [1.29, 1.82) is 0 Å². The van der Waals surface area contributed by atoms with Crippen LogP contribution in [0.5, 0.6) is 11.5 Å². The van der Waals surface area contributed by atoms with E-state index < -0.39 is 0 Å². The van der Waals surface area contributed by atoms with Gasteiger partial charge in [0.15, 0.2) is 11.5 Å². The average molecular weight is 430 g/mol. The summed E-state index contributed by atoms with van der Waals surface area (Å²) in [6, 6.07) is 12.4. The Bertz CT molecular complexity index is 847. The Balaban J connectivity index is 1.68. The van der Waals surface area contributed by atoms with E-state index in [-0.39, 0.29) is 23.8 Å². The molecule has 3 rings (SSSR count). The fourth-order valence-corrected chi connectivity index (χ4v) is 4.19. The van der Waals surface area contributed by atoms with E-state index >= 15 is 0 Å². The predicted octanol–water partition coefficient (Wildman–Crippen LogP) is 4.79. The normalized spacial score (nSPS) is 16.0. The number of ether oxygens (including phenoxy) is 3. The summed E-state index contributed by atoms with van der Waals surface area (Å²) in [7, 11) is 3.21. The van der Waals surface area contributed by atoms with E-state index in [9.17, 15) is 9.18 Å². The lowest BCUT2D eigenvalue weighted by Gasteiger charge is -2.36. The molecule has 1 heterocycles. The van der Waals surface area contributed by atoms with Gasteiger partial charge in [0.05, 0.1) is 14.2 Å². The van der Waals surface area contributed by atoms with E-state index in [1.165, 1.54) is 12.1 Å². The number of hydrogen-bond donors (Lipinski definition) is 0. The van der Waals surface area contributed by atoms with Crippen LogP contribution in [0.2, 0.25) is 0 Å². The zero-order valence-electron chi connectivity index (χ0n) is 18.6. The predicted molar refractivity (Wildman–Crippen MR) is 118 cm³/mol. The molecule has 5 nitrogen and oxygen atoms in total. The van der Waals surface area contributed by atoms with Crippen molar-refractivity contribution in [2.75, 3.05) is 33.9 Å². The topological polar surface area (TPSA) is 48.0 Å². The first-order valence-electron chi connectivity index (χ1n) is 10.9. The average Bonchev–Trinajstić information content (AvgIpc) is 2.81. The van der Waals surface area contributed by atoms with Crippen molar-refractivity contribution in [3.05, 3.63) is 59.4 Å². The number of carbonyl (C=O) groups is 1. The molecule has 0 amide bonds. The molecule has 168 valence electrons. The van der Waals surface area contributed by atoms with Crippen LogP contribution in [0.15, 0.2) is 42.5 Å². The summed E-state index contributed by atoms with van der Waals surface area (Å²) in [4.78, 5) is 14.6. The van der Waals surface area contributed by atoms with Gasteiger partial charge in [-0.05, 0) is 56.1 Å². The zero-order chi connectivity index (χ0) is 22.2. The SMILES string of the molecule is CCC(=O)OC(c1cccc(OC)c1OC)C1CCN(CCc2ccc(F)cc2)CC1. The lowest BCUT2D eigenvalue weighted by molar-refractivity contribution is -0.153. The van der Waals surface area contributed by atoms with Gasteiger partial charge in [0.2, 0.25) is 0 Å². The number of carbonyl (C=O) groups excluding carboxylic acids is 1. The minimum atomic E-state index is -0.364. The number of likely N-dealkylation sites (tertiary alicyclic amines) is 1. The highest BCUT2D eigenvalue weighted by Gasteiger charge is 2.33. The van der Waals surface area contributed by atoms with Crippen molar-refractivity contribution in [1.82, 2.24) is 4.90 Å². The van der Waals surface area contributed by atoms with Crippen molar-refractivity contribution < 1.29 is 23.4 Å². The third-order valence-electron chi connectivity index (χ3n) is 5.98. The van der Waals surface area contributed by atoms with Crippen LogP contribution in [-0.4, -0.2) is 44.7 Å². The second-order valence-electron chi connectivity index (χ2n) is 7.90. The van der Waals surface area contributed by atoms with Crippen molar-refractivity contribution >= 4 is 5.97 Å². The standard InChI is InChI=1S/C25H32FNO4/c1-4-23(28)31-24(21-6-5-7-22(29-2)25(21)30-3)19-13-16-27(17-14-19)15-12-18-8-10-20(26)11-9-18/h5-11,19,24H,4,12-17H2,1-3H3. The summed E-state index contributed by atoms with van der Waals surface area (Å²) in [6.07, 6.45) is 2.70. The number of para-hydroxylation sites is 1. The summed E-state index contributed by atoms with van der Waals surface area (Å²) in [5.74, 6) is 1.05. The van der Waals surface area contributed by atoms with Gasteiger partial charge < -0.3 is 19.1 Å². The van der Waals surface area contributed by atoms with Gasteiger partial charge in [0.1, 0.15) is 11.9 Å². The maximum atomic E-state index is 13.1. The summed E-state index contributed by atoms with van der Waals surface area (Å²) >= 11 is 0. The highest BCUT2D eigenvalue weighted by atomic mass is 19.1. The number of hydrogen-bond acceptors (Lipinski definition) is 5. The Labute approximate surface area is 184 Å². The molecule has 1 unspecified atom stereocenters. The summed E-state index contributed by atoms with van der Waals surface area (Å²) in [5.41, 5.74) is 1.99. The Morgan fingerprint density at radius 1 is 1.10 bits per heavy atom. The van der Waals surface area contributed by atoms with E-state index in [2.05, 4.69) is 4.90 Å². The van der Waals surface area contributed by atoms with Gasteiger partial charge in [-0.3, -0.25) is 4.79 Å². The molecule has 1 atom stereocenters. The number of nitrogens with zero attached hydrogens (tertiary/aromatic N) is 1. The molecule has 6 heteroatoms. The fourth-order valence-electron chi connectivity index (χ4n) is 4.19. The van der Waals surface area contributed by atoms with Crippen LogP contribution in [0.4, 0.5) is 4.39 Å². The Kier molecular flexibility index (Phi) is 8.29. The molecule has 0 spiro atoms. The summed E-state index contributed by atoms with van der Waals surface area (Å²) in [5, 5.41) is 0. The van der Waals surface area contributed by atoms with Gasteiger partial charge >= 0.3 is 5.97 Å². The summed E-state index contributed by atoms with van der Waals surface area (Å²) in [6.45, 7) is 4.59. The highest BCUT2D eigenvalue weighted by Crippen LogP contribution is 2.42. The molecule has 1 aliphatic rings. The van der Waals surface area contributed by atoms with Gasteiger partial charge in [-0.15, -0.1) is 0 Å². The number of methoxy groups -OCH3 is 2. The largest absolute Gasteiger partial charge is 0.493 e. The fraction of sp³-hybridized carbons (Fsp3) is 0.480. The van der Waals surface area contributed by atoms with Crippen molar-refractivity contribution in [3.8, 4) is 11.5 Å². The van der Waals surface area contributed by atoms with Crippen LogP contribution < -0.4 is 9.47 Å². The van der Waals surface area contributed by atoms with Crippen LogP contribution in [-0.2, 0) is 16.0 Å². The van der Waals surface area contributed by atoms with Crippen LogP contribution >= 0.6 is 0 Å². The van der Waals surface area contributed by atoms with Gasteiger partial charge in [-0.1, -0.05) is 31.2 Å². The van der Waals surface area contributed by atoms with E-state index in [0.29, 0.717) is 17.9 Å². The minimum absolute atomic E-state index is 0.204. The molecule has 2 aromatic rings. The molecule has 1 fully saturated rings. The van der Waals surface area contributed by atoms with E-state index in [0.717, 1.165) is 50.0 Å². The zero-order valence-corrected chi connectivity index (χ0v) is 18.6. The molecule has 0 N–H and O–H groups in total. The number of rotatable bonds is 9. The van der Waals surface area contributed by atoms with E-state index in [4.69, 9.17) is 14.2 Å². The molecule has 0 aromatic heterocycles. The molecule has 1 saturated heterocycles. The molecular weight excluding hydrogens is 397 g/mol. The maximum absolute atomic E-state index is 13.1. The first-order valence-corrected chi connectivity index (χ1v) is 10.9. The first-order chi connectivity index (χ1) is 15.0. The van der Waals surface area contributed by atoms with Gasteiger partial charge in [0.25, 0.3) is 0 Å². The number of esters is 1. The molecular formula is C25H32FNO4. The molecule has 0 saturated carbocycles. The smallest absolute Gasteiger partial charge is 0.306 e. The van der Waals surface area contributed by atoms with Gasteiger partial charge in [-0.2, -0.15) is 0 Å². The van der Waals surface area contributed by atoms with Crippen LogP contribution in [0.1, 0.15) is 43.4 Å². The molecule has 0 aliphatic carbocycles. The van der Waals surface area contributed by atoms with Gasteiger partial charge in [0, 0.05) is 24.4 Å². The van der Waals surface area contributed by atoms with Crippen molar-refractivity contribution in [2.45, 2.75) is 38.7 Å². The number of halogens is 1. The molecule has 2 aromatic carbocycles. The molecule has 0 bridgehead atoms. The second-order valence-corrected chi connectivity index (χ2v) is 7.90. The third kappa shape index (κ3) is 5.97. The molecule has 31 heavy (non-hydrogen) atoms. The highest BCUT2D eigenvalue weighted by molar-refractivity contribution is 5.69. The van der Waals surface area contributed by atoms with Gasteiger partial charge in [-0.25, -0.2) is 4.39 Å². The minimum Gasteiger partial charge on any atom is -0.493 e. The van der Waals surface area contributed by atoms with E-state index in [1.807, 2.05) is 30.3 Å². The van der Waals surface area contributed by atoms with E-state index in [1.54, 1.807) is 21.1 Å². The van der Waals surface area contributed by atoms with Crippen LogP contribution in [0, 0.1) is 11.7 Å². The Hall–Kier alpha value is -2.60. The number of piperidine rings is 1. The number of benzene rings is 2. The van der Waals surface area contributed by atoms with Crippen LogP contribution in [0.3, 0.4) is 0 Å². The lowest BCUT2D eigenvalue weighted by Crippen LogP contribution is -2.37. The second kappa shape index (κ2) is 11.1. The van der Waals surface area contributed by atoms with Crippen molar-refractivity contribution in [2.24, 2.45) is 5.92 Å². The monoisotopic (exact) mass is 429 g/mol. The Morgan fingerprint density at radius 2 is 1.81 bits per heavy atom. The first kappa shape index (κ1) is 23.1. The van der Waals surface area contributed by atoms with Crippen LogP contribution in [0.25, 0.3) is 0 Å².